The average molecular weight is 125 g/mol. The zero-order chi connectivity index (χ0) is 7.28. The van der Waals surface area contributed by atoms with Gasteiger partial charge in [0.05, 0.1) is 0 Å². The average Bonchev–Trinajstić information content (AvgIpc) is 1.82. The summed E-state index contributed by atoms with van der Waals surface area (Å²) in [4.78, 5) is 0. The standard InChI is InChI=1S/C9H17/c1-5-6-7-9(4)8(2)3/h5-6,8-9H,2,7H2,1,3-4H3/b6-5+. The number of hydrogen-bond donors (Lipinski definition) is 0. The van der Waals surface area contributed by atoms with Gasteiger partial charge in [0.15, 0.2) is 0 Å². The molecule has 0 fully saturated rings. The minimum atomic E-state index is 0.571. The van der Waals surface area contributed by atoms with Gasteiger partial charge in [-0.05, 0) is 25.2 Å². The molecule has 9 heavy (non-hydrogen) atoms. The largest absolute Gasteiger partial charge is 0.0917 e. The number of allylic oxidation sites excluding steroid dienone is 2. The second-order valence-corrected chi connectivity index (χ2v) is 2.76. The van der Waals surface area contributed by atoms with Crippen LogP contribution in [-0.2, 0) is 0 Å². The van der Waals surface area contributed by atoms with Crippen molar-refractivity contribution in [1.29, 1.82) is 0 Å². The van der Waals surface area contributed by atoms with Crippen molar-refractivity contribution in [2.24, 2.45) is 11.8 Å². The third kappa shape index (κ3) is 4.26. The highest BCUT2D eigenvalue weighted by Gasteiger charge is 2.02. The van der Waals surface area contributed by atoms with E-state index in [9.17, 15) is 0 Å². The van der Waals surface area contributed by atoms with E-state index in [1.54, 1.807) is 0 Å². The Kier molecular flexibility index (Phi) is 4.47. The lowest BCUT2D eigenvalue weighted by Gasteiger charge is -2.11. The molecular formula is C9H17. The van der Waals surface area contributed by atoms with Crippen molar-refractivity contribution in [3.8, 4) is 0 Å². The van der Waals surface area contributed by atoms with Crippen LogP contribution in [0.3, 0.4) is 0 Å². The molecule has 1 radical (unpaired) electrons. The predicted octanol–water partition coefficient (Wildman–Crippen LogP) is 3.06. The van der Waals surface area contributed by atoms with Crippen LogP contribution in [-0.4, -0.2) is 0 Å². The molecule has 0 aliphatic heterocycles. The highest BCUT2D eigenvalue weighted by atomic mass is 14.1. The van der Waals surface area contributed by atoms with Gasteiger partial charge in [0, 0.05) is 0 Å². The van der Waals surface area contributed by atoms with E-state index < -0.39 is 0 Å². The zero-order valence-electron chi connectivity index (χ0n) is 6.72. The molecule has 0 bridgehead atoms. The minimum absolute atomic E-state index is 0.571. The summed E-state index contributed by atoms with van der Waals surface area (Å²) in [5.74, 6) is 1.29. The van der Waals surface area contributed by atoms with E-state index >= 15 is 0 Å². The van der Waals surface area contributed by atoms with E-state index in [0.29, 0.717) is 5.92 Å². The molecule has 0 aliphatic carbocycles. The van der Waals surface area contributed by atoms with Crippen molar-refractivity contribution in [3.63, 3.8) is 0 Å². The molecule has 0 amide bonds. The minimum Gasteiger partial charge on any atom is -0.0917 e. The van der Waals surface area contributed by atoms with Crippen molar-refractivity contribution < 1.29 is 0 Å². The van der Waals surface area contributed by atoms with Gasteiger partial charge >= 0.3 is 0 Å². The molecule has 0 aromatic rings. The Balaban J connectivity index is 3.38. The van der Waals surface area contributed by atoms with Crippen LogP contribution in [0.2, 0.25) is 0 Å². The van der Waals surface area contributed by atoms with Gasteiger partial charge in [-0.3, -0.25) is 0 Å². The van der Waals surface area contributed by atoms with Crippen LogP contribution in [0.5, 0.6) is 0 Å². The fourth-order valence-corrected chi connectivity index (χ4v) is 0.583. The lowest BCUT2D eigenvalue weighted by molar-refractivity contribution is 0.462. The topological polar surface area (TPSA) is 0 Å². The number of hydrogen-bond acceptors (Lipinski definition) is 0. The summed E-state index contributed by atoms with van der Waals surface area (Å²) in [5.41, 5.74) is 0. The Bertz CT molecular complexity index is 80.0. The molecule has 0 heterocycles. The lowest BCUT2D eigenvalue weighted by atomic mass is 9.95. The first-order chi connectivity index (χ1) is 4.18. The van der Waals surface area contributed by atoms with Gasteiger partial charge in [0.1, 0.15) is 0 Å². The molecule has 0 N–H and O–H groups in total. The molecule has 2 unspecified atom stereocenters. The van der Waals surface area contributed by atoms with E-state index in [2.05, 4.69) is 39.8 Å². The van der Waals surface area contributed by atoms with E-state index in [1.807, 2.05) is 0 Å². The molecule has 53 valence electrons. The third-order valence-corrected chi connectivity index (χ3v) is 1.71. The summed E-state index contributed by atoms with van der Waals surface area (Å²) >= 11 is 0. The van der Waals surface area contributed by atoms with Gasteiger partial charge in [0.25, 0.3) is 0 Å². The molecule has 0 aromatic carbocycles. The fourth-order valence-electron chi connectivity index (χ4n) is 0.583. The van der Waals surface area contributed by atoms with Crippen LogP contribution in [0.4, 0.5) is 0 Å². The van der Waals surface area contributed by atoms with Crippen molar-refractivity contribution >= 4 is 0 Å². The van der Waals surface area contributed by atoms with Crippen molar-refractivity contribution in [2.45, 2.75) is 27.2 Å². The van der Waals surface area contributed by atoms with Crippen LogP contribution in [0.25, 0.3) is 0 Å². The molecule has 0 saturated carbocycles. The molecule has 0 rings (SSSR count). The first kappa shape index (κ1) is 8.74. The summed E-state index contributed by atoms with van der Waals surface area (Å²) < 4.78 is 0. The third-order valence-electron chi connectivity index (χ3n) is 1.71. The SMILES string of the molecule is [CH2]C(C)C(C)C/C=C/C. The zero-order valence-corrected chi connectivity index (χ0v) is 6.72. The first-order valence-corrected chi connectivity index (χ1v) is 3.62. The van der Waals surface area contributed by atoms with Gasteiger partial charge in [0.2, 0.25) is 0 Å². The fraction of sp³-hybridized carbons (Fsp3) is 0.667. The smallest absolute Gasteiger partial charge is 0.0322 e. The lowest BCUT2D eigenvalue weighted by Crippen LogP contribution is -2.01. The molecule has 0 saturated heterocycles. The molecule has 0 aromatic heterocycles. The Hall–Kier alpha value is -0.260. The van der Waals surface area contributed by atoms with E-state index in [1.165, 1.54) is 6.42 Å². The molecule has 2 atom stereocenters. The van der Waals surface area contributed by atoms with Gasteiger partial charge < -0.3 is 0 Å². The Morgan fingerprint density at radius 2 is 2.00 bits per heavy atom. The maximum absolute atomic E-state index is 3.96. The predicted molar refractivity (Wildman–Crippen MR) is 43.1 cm³/mol. The summed E-state index contributed by atoms with van der Waals surface area (Å²) in [5, 5.41) is 0. The molecule has 0 heteroatoms. The van der Waals surface area contributed by atoms with Crippen molar-refractivity contribution in [2.75, 3.05) is 0 Å². The van der Waals surface area contributed by atoms with Gasteiger partial charge in [-0.15, -0.1) is 0 Å². The van der Waals surface area contributed by atoms with Crippen LogP contribution >= 0.6 is 0 Å². The highest BCUT2D eigenvalue weighted by Crippen LogP contribution is 2.13. The summed E-state index contributed by atoms with van der Waals surface area (Å²) in [7, 11) is 0. The Morgan fingerprint density at radius 3 is 2.33 bits per heavy atom. The van der Waals surface area contributed by atoms with Crippen LogP contribution in [0.15, 0.2) is 12.2 Å². The maximum Gasteiger partial charge on any atom is -0.0322 e. The summed E-state index contributed by atoms with van der Waals surface area (Å²) in [6.07, 6.45) is 5.46. The van der Waals surface area contributed by atoms with Crippen LogP contribution in [0, 0.1) is 18.8 Å². The molecule has 0 aliphatic rings. The van der Waals surface area contributed by atoms with Gasteiger partial charge in [-0.2, -0.15) is 0 Å². The number of rotatable bonds is 3. The second kappa shape index (κ2) is 4.60. The van der Waals surface area contributed by atoms with E-state index in [0.717, 1.165) is 5.92 Å². The Labute approximate surface area is 59.0 Å². The van der Waals surface area contributed by atoms with Crippen LogP contribution < -0.4 is 0 Å². The monoisotopic (exact) mass is 125 g/mol. The quantitative estimate of drug-likeness (QED) is 0.508. The van der Waals surface area contributed by atoms with Gasteiger partial charge in [-0.25, -0.2) is 0 Å². The van der Waals surface area contributed by atoms with Crippen molar-refractivity contribution in [1.82, 2.24) is 0 Å². The van der Waals surface area contributed by atoms with Crippen LogP contribution in [0.1, 0.15) is 27.2 Å². The maximum atomic E-state index is 3.96. The summed E-state index contributed by atoms with van der Waals surface area (Å²) in [6, 6.07) is 0. The van der Waals surface area contributed by atoms with Crippen molar-refractivity contribution in [3.05, 3.63) is 19.1 Å². The molecular weight excluding hydrogens is 108 g/mol. The van der Waals surface area contributed by atoms with Gasteiger partial charge in [-0.1, -0.05) is 32.9 Å². The molecule has 0 spiro atoms. The molecule has 0 nitrogen and oxygen atoms in total. The summed E-state index contributed by atoms with van der Waals surface area (Å²) in [6.45, 7) is 10.4. The Morgan fingerprint density at radius 1 is 1.44 bits per heavy atom. The normalized spacial score (nSPS) is 15.2. The first-order valence-electron chi connectivity index (χ1n) is 3.62. The second-order valence-electron chi connectivity index (χ2n) is 2.76. The van der Waals surface area contributed by atoms with E-state index in [-0.39, 0.29) is 0 Å². The van der Waals surface area contributed by atoms with E-state index in [4.69, 9.17) is 0 Å². The highest BCUT2D eigenvalue weighted by molar-refractivity contribution is 4.80.